The van der Waals surface area contributed by atoms with Crippen LogP contribution in [0.15, 0.2) is 35.1 Å². The van der Waals surface area contributed by atoms with Crippen LogP contribution in [0.4, 0.5) is 0 Å². The van der Waals surface area contributed by atoms with Gasteiger partial charge >= 0.3 is 14.2 Å². The number of aryl methyl sites for hydroxylation is 1. The highest BCUT2D eigenvalue weighted by Crippen LogP contribution is 2.44. The van der Waals surface area contributed by atoms with Crippen LogP contribution in [0.3, 0.4) is 0 Å². The van der Waals surface area contributed by atoms with Gasteiger partial charge in [-0.25, -0.2) is 9.78 Å². The number of benzene rings is 1. The summed E-state index contributed by atoms with van der Waals surface area (Å²) in [6.45, 7) is 3.98. The summed E-state index contributed by atoms with van der Waals surface area (Å²) >= 11 is 0. The van der Waals surface area contributed by atoms with E-state index >= 15 is 0 Å². The van der Waals surface area contributed by atoms with E-state index in [9.17, 15) is 19.0 Å². The number of nitrogens with zero attached hydrogens (tertiary/aromatic N) is 2. The molecule has 1 unspecified atom stereocenters. The molecule has 2 atom stereocenters. The van der Waals surface area contributed by atoms with Crippen molar-refractivity contribution in [3.8, 4) is 11.4 Å². The maximum absolute atomic E-state index is 13.4. The average molecular weight is 467 g/mol. The lowest BCUT2D eigenvalue weighted by Gasteiger charge is -2.31. The van der Waals surface area contributed by atoms with Gasteiger partial charge in [0.15, 0.2) is 0 Å². The van der Waals surface area contributed by atoms with Gasteiger partial charge in [0, 0.05) is 21.1 Å². The van der Waals surface area contributed by atoms with Crippen molar-refractivity contribution in [3.05, 3.63) is 62.9 Å². The van der Waals surface area contributed by atoms with Crippen LogP contribution in [0.1, 0.15) is 55.4 Å². The molecule has 1 aromatic carbocycles. The molecule has 2 aromatic heterocycles. The molecule has 5 rings (SSSR count). The molecular formula is C24H24N2O6P+. The van der Waals surface area contributed by atoms with Gasteiger partial charge in [-0.1, -0.05) is 30.9 Å². The topological polar surface area (TPSA) is 108 Å². The Bertz CT molecular complexity index is 1380. The van der Waals surface area contributed by atoms with Crippen molar-refractivity contribution < 1.29 is 23.5 Å². The van der Waals surface area contributed by atoms with E-state index in [1.807, 2.05) is 6.07 Å². The highest BCUT2D eigenvalue weighted by molar-refractivity contribution is 7.32. The Labute approximate surface area is 191 Å². The molecule has 33 heavy (non-hydrogen) atoms. The summed E-state index contributed by atoms with van der Waals surface area (Å²) in [5.41, 5.74) is 2.65. The normalized spacial score (nSPS) is 19.1. The van der Waals surface area contributed by atoms with E-state index in [2.05, 4.69) is 25.1 Å². The third-order valence-corrected chi connectivity index (χ3v) is 7.06. The molecule has 0 fully saturated rings. The van der Waals surface area contributed by atoms with Crippen molar-refractivity contribution in [2.75, 3.05) is 0 Å². The first-order valence-corrected chi connectivity index (χ1v) is 12.2. The smallest absolute Gasteiger partial charge is 0.458 e. The van der Waals surface area contributed by atoms with Crippen LogP contribution in [-0.4, -0.2) is 20.4 Å². The van der Waals surface area contributed by atoms with E-state index in [4.69, 9.17) is 14.2 Å². The number of hydrogen-bond donors (Lipinski definition) is 1. The Morgan fingerprint density at radius 2 is 2.06 bits per heavy atom. The lowest BCUT2D eigenvalue weighted by atomic mass is 9.86. The van der Waals surface area contributed by atoms with Crippen LogP contribution in [0, 0.1) is 0 Å². The Morgan fingerprint density at radius 1 is 1.24 bits per heavy atom. The van der Waals surface area contributed by atoms with Gasteiger partial charge in [-0.15, -0.1) is 4.89 Å². The predicted octanol–water partition coefficient (Wildman–Crippen LogP) is 4.10. The number of carbonyl (C=O) groups excluding carboxylic acids is 1. The average Bonchev–Trinajstić information content (AvgIpc) is 3.15. The fraction of sp³-hybridized carbons (Fsp3) is 0.375. The monoisotopic (exact) mass is 467 g/mol. The van der Waals surface area contributed by atoms with Gasteiger partial charge in [0.05, 0.1) is 29.0 Å². The number of carbonyl (C=O) groups is 1. The number of esters is 1. The summed E-state index contributed by atoms with van der Waals surface area (Å²) in [5, 5.41) is 1.02. The Balaban J connectivity index is 1.68. The summed E-state index contributed by atoms with van der Waals surface area (Å²) in [7, 11) is -3.10. The molecule has 1 N–H and O–H groups in total. The molecule has 0 radical (unpaired) electrons. The molecule has 4 heterocycles. The first-order valence-electron chi connectivity index (χ1n) is 11.1. The molecule has 0 saturated heterocycles. The van der Waals surface area contributed by atoms with Crippen molar-refractivity contribution in [1.82, 2.24) is 9.55 Å². The van der Waals surface area contributed by atoms with E-state index in [1.54, 1.807) is 17.6 Å². The quantitative estimate of drug-likeness (QED) is 0.336. The van der Waals surface area contributed by atoms with Crippen molar-refractivity contribution in [1.29, 1.82) is 0 Å². The highest BCUT2D eigenvalue weighted by Gasteiger charge is 2.54. The Morgan fingerprint density at radius 3 is 2.79 bits per heavy atom. The van der Waals surface area contributed by atoms with Gasteiger partial charge in [0.25, 0.3) is 5.56 Å². The molecule has 0 aliphatic carbocycles. The highest BCUT2D eigenvalue weighted by atomic mass is 31.1. The predicted molar refractivity (Wildman–Crippen MR) is 122 cm³/mol. The number of unbranched alkanes of at least 4 members (excludes halogenated alkanes) is 1. The van der Waals surface area contributed by atoms with Crippen molar-refractivity contribution in [3.63, 3.8) is 0 Å². The third kappa shape index (κ3) is 3.41. The van der Waals surface area contributed by atoms with Gasteiger partial charge in [-0.2, -0.15) is 0 Å². The van der Waals surface area contributed by atoms with Crippen molar-refractivity contribution in [2.24, 2.45) is 0 Å². The maximum atomic E-state index is 13.4. The van der Waals surface area contributed by atoms with Gasteiger partial charge < -0.3 is 9.30 Å². The molecule has 170 valence electrons. The summed E-state index contributed by atoms with van der Waals surface area (Å²) in [5.74, 6) is -0.774. The zero-order chi connectivity index (χ0) is 23.3. The summed E-state index contributed by atoms with van der Waals surface area (Å²) in [6.07, 6.45) is 3.30. The number of ether oxygens (including phenoxy) is 1. The fourth-order valence-electron chi connectivity index (χ4n) is 4.84. The second kappa shape index (κ2) is 8.13. The van der Waals surface area contributed by atoms with Gasteiger partial charge in [0.2, 0.25) is 5.60 Å². The van der Waals surface area contributed by atoms with E-state index in [0.29, 0.717) is 17.9 Å². The summed E-state index contributed by atoms with van der Waals surface area (Å²) in [6, 6.07) is 9.98. The second-order valence-corrected chi connectivity index (χ2v) is 9.18. The molecule has 3 aromatic rings. The van der Waals surface area contributed by atoms with E-state index in [0.717, 1.165) is 35.7 Å². The molecule has 0 amide bonds. The third-order valence-electron chi connectivity index (χ3n) is 6.59. The van der Waals surface area contributed by atoms with E-state index < -0.39 is 19.8 Å². The molecule has 0 saturated carbocycles. The zero-order valence-electron chi connectivity index (χ0n) is 18.5. The molecule has 8 nitrogen and oxygen atoms in total. The number of hydrogen-bond acceptors (Lipinski definition) is 6. The first-order chi connectivity index (χ1) is 15.9. The minimum absolute atomic E-state index is 0.0436. The van der Waals surface area contributed by atoms with Crippen LogP contribution < -0.4 is 5.56 Å². The number of cyclic esters (lactones) is 1. The SMILES string of the molecule is CCCCc1ccc2nc3c(cc2c1)Cn1c-3cc2c(c1=O)COC(=O)[C@@]2(CC)O[P+](=O)O. The van der Waals surface area contributed by atoms with Crippen LogP contribution in [0.25, 0.3) is 22.3 Å². The van der Waals surface area contributed by atoms with Crippen LogP contribution in [-0.2, 0) is 43.8 Å². The molecule has 2 aliphatic heterocycles. The van der Waals surface area contributed by atoms with Gasteiger partial charge in [-0.05, 0) is 49.1 Å². The number of rotatable bonds is 6. The zero-order valence-corrected chi connectivity index (χ0v) is 19.4. The molecule has 0 spiro atoms. The Kier molecular flexibility index (Phi) is 5.40. The molecule has 2 aliphatic rings. The summed E-state index contributed by atoms with van der Waals surface area (Å²) < 4.78 is 23.6. The van der Waals surface area contributed by atoms with Gasteiger partial charge in [-0.3, -0.25) is 4.79 Å². The van der Waals surface area contributed by atoms with Crippen LogP contribution in [0.2, 0.25) is 0 Å². The minimum atomic E-state index is -3.10. The lowest BCUT2D eigenvalue weighted by molar-refractivity contribution is -0.169. The minimum Gasteiger partial charge on any atom is -0.458 e. The number of fused-ring (bicyclic) bond motifs is 5. The number of pyridine rings is 2. The molecular weight excluding hydrogens is 443 g/mol. The lowest BCUT2D eigenvalue weighted by Crippen LogP contribution is -2.45. The van der Waals surface area contributed by atoms with Crippen LogP contribution >= 0.6 is 8.25 Å². The maximum Gasteiger partial charge on any atom is 0.696 e. The van der Waals surface area contributed by atoms with Crippen LogP contribution in [0.5, 0.6) is 0 Å². The number of aromatic nitrogens is 2. The Hall–Kier alpha value is -2.93. The second-order valence-electron chi connectivity index (χ2n) is 8.53. The van der Waals surface area contributed by atoms with Crippen molar-refractivity contribution >= 4 is 25.1 Å². The fourth-order valence-corrected chi connectivity index (χ4v) is 5.41. The summed E-state index contributed by atoms with van der Waals surface area (Å²) in [4.78, 5) is 40.3. The first kappa shape index (κ1) is 21.9. The largest absolute Gasteiger partial charge is 0.696 e. The van der Waals surface area contributed by atoms with E-state index in [-0.39, 0.29) is 29.7 Å². The standard InChI is InChI=1S/C24H23N2O6P/c1-3-5-6-14-7-8-19-15(9-14)10-16-12-26-20(21(16)25-19)11-18-17(22(26)27)13-31-23(28)24(18,4-2)32-33(29)30/h7-11H,3-6,12-13H2,1-2H3/p+1/t24-/m0/s1. The molecule has 9 heteroatoms. The molecule has 0 bridgehead atoms. The van der Waals surface area contributed by atoms with Crippen molar-refractivity contribution in [2.45, 2.75) is 58.3 Å². The van der Waals surface area contributed by atoms with E-state index in [1.165, 1.54) is 5.56 Å². The van der Waals surface area contributed by atoms with Gasteiger partial charge in [0.1, 0.15) is 6.61 Å².